The van der Waals surface area contributed by atoms with Gasteiger partial charge in [-0.15, -0.1) is 0 Å². The minimum atomic E-state index is -0.160. The number of nitrogens with one attached hydrogen (secondary N) is 1. The molecule has 8 nitrogen and oxygen atoms in total. The van der Waals surface area contributed by atoms with Crippen molar-refractivity contribution in [3.8, 4) is 5.95 Å². The van der Waals surface area contributed by atoms with Crippen molar-refractivity contribution in [2.45, 2.75) is 44.8 Å². The summed E-state index contributed by atoms with van der Waals surface area (Å²) in [6, 6.07) is 1.87. The van der Waals surface area contributed by atoms with E-state index in [9.17, 15) is 4.79 Å². The van der Waals surface area contributed by atoms with Crippen LogP contribution in [-0.4, -0.2) is 81.4 Å². The lowest BCUT2D eigenvalue weighted by atomic mass is 9.91. The summed E-state index contributed by atoms with van der Waals surface area (Å²) in [5.41, 5.74) is 3.86. The van der Waals surface area contributed by atoms with Crippen LogP contribution in [0.15, 0.2) is 6.07 Å². The van der Waals surface area contributed by atoms with Crippen LogP contribution in [0.2, 0.25) is 0 Å². The zero-order chi connectivity index (χ0) is 21.0. The maximum absolute atomic E-state index is 12.8. The summed E-state index contributed by atoms with van der Waals surface area (Å²) >= 11 is 0. The molecular formula is C18H28B3N5O3. The fourth-order valence-corrected chi connectivity index (χ4v) is 3.77. The van der Waals surface area contributed by atoms with Crippen molar-refractivity contribution in [2.75, 3.05) is 20.3 Å². The number of imidazole rings is 1. The summed E-state index contributed by atoms with van der Waals surface area (Å²) in [7, 11) is 7.52. The SMILES string of the molecule is Bc1nc(B)n(-c2nc(C)cc(C(=O)NC3CCC(OCCOC)CC3)n2)c1B. The van der Waals surface area contributed by atoms with Crippen LogP contribution in [0.1, 0.15) is 41.9 Å². The number of nitrogens with zero attached hydrogens (tertiary/aromatic N) is 4. The van der Waals surface area contributed by atoms with Gasteiger partial charge < -0.3 is 14.8 Å². The third-order valence-electron chi connectivity index (χ3n) is 5.44. The molecule has 0 aliphatic heterocycles. The quantitative estimate of drug-likeness (QED) is 0.386. The van der Waals surface area contributed by atoms with Crippen LogP contribution in [0.5, 0.6) is 0 Å². The second-order valence-corrected chi connectivity index (χ2v) is 7.67. The van der Waals surface area contributed by atoms with Crippen LogP contribution >= 0.6 is 0 Å². The van der Waals surface area contributed by atoms with E-state index in [1.165, 1.54) is 0 Å². The second kappa shape index (κ2) is 9.58. The highest BCUT2D eigenvalue weighted by Crippen LogP contribution is 2.21. The Bertz CT molecular complexity index is 869. The van der Waals surface area contributed by atoms with E-state index in [-0.39, 0.29) is 18.1 Å². The van der Waals surface area contributed by atoms with Gasteiger partial charge in [0.25, 0.3) is 5.91 Å². The summed E-state index contributed by atoms with van der Waals surface area (Å²) in [5.74, 6) is 0.327. The standard InChI is InChI=1S/C18H28B3N5O3/c1-10-9-13(24-18(22-10)26-15(20)14(19)25-17(26)21)16(27)23-11-3-5-12(6-4-11)29-8-7-28-2/h9,11-12H,3-8,19-21H2,1-2H3,(H,23,27). The molecule has 0 atom stereocenters. The molecule has 0 unspecified atom stereocenters. The van der Waals surface area contributed by atoms with Crippen LogP contribution in [-0.2, 0) is 9.47 Å². The summed E-state index contributed by atoms with van der Waals surface area (Å²) < 4.78 is 12.7. The Balaban J connectivity index is 1.65. The third kappa shape index (κ3) is 5.28. The molecular weight excluding hydrogens is 367 g/mol. The van der Waals surface area contributed by atoms with Crippen LogP contribution in [0.25, 0.3) is 5.95 Å². The van der Waals surface area contributed by atoms with Gasteiger partial charge in [0, 0.05) is 24.4 Å². The molecule has 1 amide bonds. The van der Waals surface area contributed by atoms with E-state index in [1.54, 1.807) is 13.2 Å². The zero-order valence-corrected chi connectivity index (χ0v) is 18.0. The molecule has 0 radical (unpaired) electrons. The highest BCUT2D eigenvalue weighted by atomic mass is 16.5. The number of ether oxygens (including phenoxy) is 2. The average molecular weight is 395 g/mol. The lowest BCUT2D eigenvalue weighted by Gasteiger charge is -2.29. The number of carbonyl (C=O) groups excluding carboxylic acids is 1. The van der Waals surface area contributed by atoms with Gasteiger partial charge in [0.15, 0.2) is 23.5 Å². The molecule has 0 saturated heterocycles. The van der Waals surface area contributed by atoms with Gasteiger partial charge in [0.2, 0.25) is 5.95 Å². The number of aryl methyl sites for hydroxylation is 1. The number of hydrogen-bond acceptors (Lipinski definition) is 6. The predicted octanol–water partition coefficient (Wildman–Crippen LogP) is -3.55. The molecule has 152 valence electrons. The largest absolute Gasteiger partial charge is 0.382 e. The van der Waals surface area contributed by atoms with Crippen molar-refractivity contribution in [1.29, 1.82) is 0 Å². The monoisotopic (exact) mass is 395 g/mol. The van der Waals surface area contributed by atoms with Gasteiger partial charge in [0.05, 0.1) is 25.0 Å². The number of methoxy groups -OCH3 is 1. The molecule has 29 heavy (non-hydrogen) atoms. The van der Waals surface area contributed by atoms with Crippen molar-refractivity contribution < 1.29 is 14.3 Å². The van der Waals surface area contributed by atoms with Crippen molar-refractivity contribution in [3.63, 3.8) is 0 Å². The van der Waals surface area contributed by atoms with Gasteiger partial charge >= 0.3 is 0 Å². The molecule has 2 aromatic rings. The van der Waals surface area contributed by atoms with E-state index in [2.05, 4.69) is 20.3 Å². The second-order valence-electron chi connectivity index (χ2n) is 7.67. The first kappa shape index (κ1) is 21.6. The minimum absolute atomic E-state index is 0.141. The number of amides is 1. The predicted molar refractivity (Wildman–Crippen MR) is 120 cm³/mol. The number of hydrogen-bond donors (Lipinski definition) is 1. The van der Waals surface area contributed by atoms with Crippen LogP contribution in [0.4, 0.5) is 0 Å². The molecule has 11 heteroatoms. The smallest absolute Gasteiger partial charge is 0.270 e. The Morgan fingerprint density at radius 1 is 1.17 bits per heavy atom. The van der Waals surface area contributed by atoms with E-state index in [0.717, 1.165) is 48.3 Å². The molecule has 1 fully saturated rings. The molecule has 0 bridgehead atoms. The van der Waals surface area contributed by atoms with Crippen molar-refractivity contribution in [2.24, 2.45) is 0 Å². The van der Waals surface area contributed by atoms with E-state index < -0.39 is 0 Å². The van der Waals surface area contributed by atoms with Crippen molar-refractivity contribution in [1.82, 2.24) is 24.8 Å². The molecule has 0 spiro atoms. The van der Waals surface area contributed by atoms with Gasteiger partial charge in [-0.1, -0.05) is 0 Å². The Morgan fingerprint density at radius 3 is 2.52 bits per heavy atom. The van der Waals surface area contributed by atoms with Crippen LogP contribution in [0, 0.1) is 6.92 Å². The van der Waals surface area contributed by atoms with Crippen LogP contribution < -0.4 is 22.2 Å². The van der Waals surface area contributed by atoms with Gasteiger partial charge in [-0.25, -0.2) is 9.97 Å². The topological polar surface area (TPSA) is 91.2 Å². The highest BCUT2D eigenvalue weighted by Gasteiger charge is 2.24. The molecule has 1 aliphatic carbocycles. The number of carbonyl (C=O) groups is 1. The fourth-order valence-electron chi connectivity index (χ4n) is 3.77. The molecule has 2 aromatic heterocycles. The van der Waals surface area contributed by atoms with E-state index in [1.807, 2.05) is 35.0 Å². The number of aromatic nitrogens is 4. The van der Waals surface area contributed by atoms with E-state index in [0.29, 0.717) is 24.9 Å². The Labute approximate surface area is 174 Å². The normalized spacial score (nSPS) is 19.2. The summed E-state index contributed by atoms with van der Waals surface area (Å²) in [6.07, 6.45) is 3.94. The Hall–Kier alpha value is -2.13. The van der Waals surface area contributed by atoms with E-state index >= 15 is 0 Å². The average Bonchev–Trinajstić information content (AvgIpc) is 2.94. The highest BCUT2D eigenvalue weighted by molar-refractivity contribution is 6.48. The number of rotatable bonds is 7. The van der Waals surface area contributed by atoms with Crippen molar-refractivity contribution in [3.05, 3.63) is 17.5 Å². The summed E-state index contributed by atoms with van der Waals surface area (Å²) in [4.78, 5) is 26.4. The molecule has 1 N–H and O–H groups in total. The first-order chi connectivity index (χ1) is 13.9. The van der Waals surface area contributed by atoms with Crippen molar-refractivity contribution >= 4 is 46.4 Å². The maximum atomic E-state index is 12.8. The fraction of sp³-hybridized carbons (Fsp3) is 0.556. The molecule has 1 aliphatic rings. The molecule has 1 saturated carbocycles. The van der Waals surface area contributed by atoms with Gasteiger partial charge in [-0.05, 0) is 44.3 Å². The molecule has 2 heterocycles. The lowest BCUT2D eigenvalue weighted by Crippen LogP contribution is -2.40. The first-order valence-electron chi connectivity index (χ1n) is 10.2. The van der Waals surface area contributed by atoms with Gasteiger partial charge in [0.1, 0.15) is 5.69 Å². The zero-order valence-electron chi connectivity index (χ0n) is 18.0. The summed E-state index contributed by atoms with van der Waals surface area (Å²) in [5, 5.41) is 3.13. The Kier molecular flexibility index (Phi) is 7.13. The van der Waals surface area contributed by atoms with Gasteiger partial charge in [-0.3, -0.25) is 14.3 Å². The summed E-state index contributed by atoms with van der Waals surface area (Å²) in [6.45, 7) is 3.11. The molecule has 0 aromatic carbocycles. The molecule has 3 rings (SSSR count). The lowest BCUT2D eigenvalue weighted by molar-refractivity contribution is -0.00409. The van der Waals surface area contributed by atoms with E-state index in [4.69, 9.17) is 9.47 Å². The Morgan fingerprint density at radius 2 is 1.90 bits per heavy atom. The maximum Gasteiger partial charge on any atom is 0.270 e. The van der Waals surface area contributed by atoms with Gasteiger partial charge in [-0.2, -0.15) is 0 Å². The van der Waals surface area contributed by atoms with Crippen LogP contribution in [0.3, 0.4) is 0 Å². The first-order valence-corrected chi connectivity index (χ1v) is 10.2. The third-order valence-corrected chi connectivity index (χ3v) is 5.44. The minimum Gasteiger partial charge on any atom is -0.382 e.